The number of aryl methyl sites for hydroxylation is 1. The van der Waals surface area contributed by atoms with E-state index < -0.39 is 17.9 Å². The molecule has 24 heavy (non-hydrogen) atoms. The van der Waals surface area contributed by atoms with Gasteiger partial charge < -0.3 is 10.4 Å². The molecular weight excluding hydrogens is 306 g/mol. The SMILES string of the molecule is Cc1ccc(-n2cc(C(=O)N[C@H](C)C(=O)O)c(C(C)(C)C)n2)cc1. The number of carbonyl (C=O) groups excluding carboxylic acids is 1. The molecule has 6 heteroatoms. The van der Waals surface area contributed by atoms with Gasteiger partial charge in [0.2, 0.25) is 0 Å². The Hall–Kier alpha value is -2.63. The van der Waals surface area contributed by atoms with E-state index in [-0.39, 0.29) is 5.41 Å². The second-order valence-electron chi connectivity index (χ2n) is 6.95. The number of benzene rings is 1. The highest BCUT2D eigenvalue weighted by Gasteiger charge is 2.28. The van der Waals surface area contributed by atoms with E-state index in [0.717, 1.165) is 11.3 Å². The van der Waals surface area contributed by atoms with E-state index in [4.69, 9.17) is 5.11 Å². The lowest BCUT2D eigenvalue weighted by molar-refractivity contribution is -0.138. The zero-order chi connectivity index (χ0) is 18.1. The van der Waals surface area contributed by atoms with E-state index in [0.29, 0.717) is 11.3 Å². The summed E-state index contributed by atoms with van der Waals surface area (Å²) in [5.41, 5.74) is 2.63. The molecule has 2 aromatic rings. The van der Waals surface area contributed by atoms with Crippen molar-refractivity contribution < 1.29 is 14.7 Å². The molecule has 1 atom stereocenters. The molecule has 2 N–H and O–H groups in total. The Balaban J connectivity index is 2.44. The molecule has 0 saturated heterocycles. The highest BCUT2D eigenvalue weighted by Crippen LogP contribution is 2.25. The number of hydrogen-bond donors (Lipinski definition) is 2. The van der Waals surface area contributed by atoms with Crippen molar-refractivity contribution in [2.45, 2.75) is 46.1 Å². The summed E-state index contributed by atoms with van der Waals surface area (Å²) in [5.74, 6) is -1.51. The molecule has 1 heterocycles. The van der Waals surface area contributed by atoms with Gasteiger partial charge in [0.05, 0.1) is 16.9 Å². The molecule has 0 saturated carbocycles. The zero-order valence-electron chi connectivity index (χ0n) is 14.6. The minimum absolute atomic E-state index is 0.352. The van der Waals surface area contributed by atoms with Gasteiger partial charge in [0.1, 0.15) is 6.04 Å². The maximum Gasteiger partial charge on any atom is 0.325 e. The van der Waals surface area contributed by atoms with Crippen LogP contribution in [0.3, 0.4) is 0 Å². The molecule has 0 bridgehead atoms. The predicted molar refractivity (Wildman–Crippen MR) is 91.6 cm³/mol. The molecule has 0 aliphatic carbocycles. The maximum atomic E-state index is 12.5. The van der Waals surface area contributed by atoms with Crippen molar-refractivity contribution in [1.29, 1.82) is 0 Å². The van der Waals surface area contributed by atoms with E-state index >= 15 is 0 Å². The lowest BCUT2D eigenvalue weighted by Crippen LogP contribution is -2.39. The minimum atomic E-state index is -1.08. The van der Waals surface area contributed by atoms with Crippen molar-refractivity contribution in [3.63, 3.8) is 0 Å². The van der Waals surface area contributed by atoms with Gasteiger partial charge in [0, 0.05) is 11.6 Å². The first kappa shape index (κ1) is 17.7. The summed E-state index contributed by atoms with van der Waals surface area (Å²) in [5, 5.41) is 16.0. The summed E-state index contributed by atoms with van der Waals surface area (Å²) in [6.45, 7) is 9.33. The molecule has 0 aliphatic rings. The van der Waals surface area contributed by atoms with E-state index in [2.05, 4.69) is 10.4 Å². The topological polar surface area (TPSA) is 84.2 Å². The normalized spacial score (nSPS) is 12.7. The van der Waals surface area contributed by atoms with Crippen LogP contribution in [0.2, 0.25) is 0 Å². The van der Waals surface area contributed by atoms with Gasteiger partial charge in [0.15, 0.2) is 0 Å². The van der Waals surface area contributed by atoms with Crippen LogP contribution in [0.5, 0.6) is 0 Å². The van der Waals surface area contributed by atoms with Crippen LogP contribution < -0.4 is 5.32 Å². The molecular formula is C18H23N3O3. The van der Waals surface area contributed by atoms with E-state index in [9.17, 15) is 9.59 Å². The van der Waals surface area contributed by atoms with Crippen molar-refractivity contribution >= 4 is 11.9 Å². The monoisotopic (exact) mass is 329 g/mol. The van der Waals surface area contributed by atoms with Crippen molar-refractivity contribution in [2.75, 3.05) is 0 Å². The standard InChI is InChI=1S/C18H23N3O3/c1-11-6-8-13(9-7-11)21-10-14(15(20-21)18(3,4)5)16(22)19-12(2)17(23)24/h6-10,12H,1-5H3,(H,19,22)(H,23,24)/t12-/m1/s1. The second kappa shape index (κ2) is 6.47. The molecule has 0 aliphatic heterocycles. The largest absolute Gasteiger partial charge is 0.480 e. The molecule has 1 aromatic carbocycles. The van der Waals surface area contributed by atoms with Gasteiger partial charge in [0.25, 0.3) is 5.91 Å². The molecule has 0 unspecified atom stereocenters. The Labute approximate surface area is 141 Å². The van der Waals surface area contributed by atoms with Crippen molar-refractivity contribution in [2.24, 2.45) is 0 Å². The second-order valence-corrected chi connectivity index (χ2v) is 6.95. The van der Waals surface area contributed by atoms with Crippen LogP contribution in [0.1, 0.15) is 49.3 Å². The number of carboxylic acid groups (broad SMARTS) is 1. The minimum Gasteiger partial charge on any atom is -0.480 e. The van der Waals surface area contributed by atoms with Crippen LogP contribution in [0.4, 0.5) is 0 Å². The van der Waals surface area contributed by atoms with Crippen LogP contribution in [0, 0.1) is 6.92 Å². The number of carboxylic acids is 1. The first-order valence-electron chi connectivity index (χ1n) is 7.80. The average molecular weight is 329 g/mol. The Kier molecular flexibility index (Phi) is 4.78. The van der Waals surface area contributed by atoms with Crippen molar-refractivity contribution in [3.8, 4) is 5.69 Å². The molecule has 1 amide bonds. The van der Waals surface area contributed by atoms with E-state index in [1.54, 1.807) is 10.9 Å². The Morgan fingerprint density at radius 1 is 1.21 bits per heavy atom. The number of amides is 1. The number of aliphatic carboxylic acids is 1. The van der Waals surface area contributed by atoms with Crippen LogP contribution >= 0.6 is 0 Å². The molecule has 6 nitrogen and oxygen atoms in total. The lowest BCUT2D eigenvalue weighted by Gasteiger charge is -2.17. The molecule has 0 spiro atoms. The Bertz CT molecular complexity index is 755. The zero-order valence-corrected chi connectivity index (χ0v) is 14.6. The fourth-order valence-corrected chi connectivity index (χ4v) is 2.26. The highest BCUT2D eigenvalue weighted by atomic mass is 16.4. The summed E-state index contributed by atoms with van der Waals surface area (Å²) in [6, 6.07) is 6.83. The maximum absolute atomic E-state index is 12.5. The van der Waals surface area contributed by atoms with Crippen LogP contribution in [-0.2, 0) is 10.2 Å². The van der Waals surface area contributed by atoms with E-state index in [1.807, 2.05) is 52.0 Å². The summed E-state index contributed by atoms with van der Waals surface area (Å²) >= 11 is 0. The summed E-state index contributed by atoms with van der Waals surface area (Å²) in [6.07, 6.45) is 1.65. The summed E-state index contributed by atoms with van der Waals surface area (Å²) in [4.78, 5) is 23.5. The predicted octanol–water partition coefficient (Wildman–Crippen LogP) is 2.68. The number of nitrogens with zero attached hydrogens (tertiary/aromatic N) is 2. The molecule has 0 radical (unpaired) electrons. The molecule has 0 fully saturated rings. The first-order valence-corrected chi connectivity index (χ1v) is 7.80. The van der Waals surface area contributed by atoms with Crippen molar-refractivity contribution in [3.05, 3.63) is 47.3 Å². The van der Waals surface area contributed by atoms with Gasteiger partial charge in [-0.3, -0.25) is 9.59 Å². The average Bonchev–Trinajstić information content (AvgIpc) is 2.93. The Morgan fingerprint density at radius 2 is 1.79 bits per heavy atom. The van der Waals surface area contributed by atoms with Gasteiger partial charge in [-0.2, -0.15) is 5.10 Å². The first-order chi connectivity index (χ1) is 11.1. The summed E-state index contributed by atoms with van der Waals surface area (Å²) < 4.78 is 1.65. The number of nitrogens with one attached hydrogen (secondary N) is 1. The molecule has 2 rings (SSSR count). The number of aromatic nitrogens is 2. The number of hydrogen-bond acceptors (Lipinski definition) is 3. The highest BCUT2D eigenvalue weighted by molar-refractivity contribution is 5.97. The fourth-order valence-electron chi connectivity index (χ4n) is 2.26. The van der Waals surface area contributed by atoms with Crippen LogP contribution in [-0.4, -0.2) is 32.8 Å². The fraction of sp³-hybridized carbons (Fsp3) is 0.389. The van der Waals surface area contributed by atoms with Gasteiger partial charge in [-0.05, 0) is 26.0 Å². The smallest absolute Gasteiger partial charge is 0.325 e. The Morgan fingerprint density at radius 3 is 2.29 bits per heavy atom. The van der Waals surface area contributed by atoms with Gasteiger partial charge >= 0.3 is 5.97 Å². The van der Waals surface area contributed by atoms with Gasteiger partial charge in [-0.1, -0.05) is 38.5 Å². The molecule has 1 aromatic heterocycles. The van der Waals surface area contributed by atoms with Gasteiger partial charge in [-0.15, -0.1) is 0 Å². The quantitative estimate of drug-likeness (QED) is 0.903. The summed E-state index contributed by atoms with van der Waals surface area (Å²) in [7, 11) is 0. The van der Waals surface area contributed by atoms with Crippen LogP contribution in [0.15, 0.2) is 30.5 Å². The third kappa shape index (κ3) is 3.82. The van der Waals surface area contributed by atoms with Gasteiger partial charge in [-0.25, -0.2) is 4.68 Å². The third-order valence-corrected chi connectivity index (χ3v) is 3.69. The number of rotatable bonds is 4. The van der Waals surface area contributed by atoms with Crippen molar-refractivity contribution in [1.82, 2.24) is 15.1 Å². The van der Waals surface area contributed by atoms with E-state index in [1.165, 1.54) is 6.92 Å². The molecule has 128 valence electrons. The third-order valence-electron chi connectivity index (χ3n) is 3.69. The van der Waals surface area contributed by atoms with Crippen LogP contribution in [0.25, 0.3) is 5.69 Å². The number of carbonyl (C=O) groups is 2. The lowest BCUT2D eigenvalue weighted by atomic mass is 9.89.